The zero-order valence-electron chi connectivity index (χ0n) is 14.2. The number of piperidine rings is 1. The molecule has 0 saturated carbocycles. The molecule has 1 spiro atoms. The first-order valence-corrected chi connectivity index (χ1v) is 8.89. The number of hydrogen-bond donors (Lipinski definition) is 0. The maximum Gasteiger partial charge on any atom is 0.278 e. The van der Waals surface area contributed by atoms with Crippen molar-refractivity contribution in [3.05, 3.63) is 75.1 Å². The summed E-state index contributed by atoms with van der Waals surface area (Å²) in [6.45, 7) is 3.84. The summed E-state index contributed by atoms with van der Waals surface area (Å²) in [6.07, 6.45) is 3.24. The second-order valence-electron chi connectivity index (χ2n) is 7.55. The fourth-order valence-corrected chi connectivity index (χ4v) is 4.52. The van der Waals surface area contributed by atoms with Crippen molar-refractivity contribution in [1.29, 1.82) is 0 Å². The van der Waals surface area contributed by atoms with Crippen molar-refractivity contribution in [1.82, 2.24) is 0 Å². The molecule has 2 heterocycles. The standard InChI is InChI=1S/C20H22FN2O2/c21-18-6-4-15(5-7-18)12-16-8-10-23(11-9-16)13-17-2-1-3-20(22(24)25)19(17)14-23/h1-7,16H,8-14H2/q+1. The van der Waals surface area contributed by atoms with E-state index in [1.165, 1.54) is 17.7 Å². The van der Waals surface area contributed by atoms with Crippen molar-refractivity contribution >= 4 is 5.69 Å². The Hall–Kier alpha value is -2.27. The van der Waals surface area contributed by atoms with E-state index in [0.29, 0.717) is 5.92 Å². The minimum absolute atomic E-state index is 0.187. The van der Waals surface area contributed by atoms with E-state index in [9.17, 15) is 14.5 Å². The van der Waals surface area contributed by atoms with Gasteiger partial charge < -0.3 is 4.48 Å². The molecule has 4 nitrogen and oxygen atoms in total. The highest BCUT2D eigenvalue weighted by molar-refractivity contribution is 5.46. The second-order valence-corrected chi connectivity index (χ2v) is 7.55. The highest BCUT2D eigenvalue weighted by atomic mass is 19.1. The summed E-state index contributed by atoms with van der Waals surface area (Å²) in [7, 11) is 0. The van der Waals surface area contributed by atoms with E-state index < -0.39 is 0 Å². The Kier molecular flexibility index (Phi) is 4.04. The fraction of sp³-hybridized carbons (Fsp3) is 0.400. The van der Waals surface area contributed by atoms with Gasteiger partial charge in [0.05, 0.1) is 23.6 Å². The summed E-state index contributed by atoms with van der Waals surface area (Å²) < 4.78 is 14.0. The Morgan fingerprint density at radius 3 is 2.48 bits per heavy atom. The van der Waals surface area contributed by atoms with Crippen LogP contribution in [0.15, 0.2) is 42.5 Å². The van der Waals surface area contributed by atoms with E-state index in [-0.39, 0.29) is 16.4 Å². The molecule has 2 aromatic carbocycles. The molecule has 0 N–H and O–H groups in total. The first-order chi connectivity index (χ1) is 12.0. The Labute approximate surface area is 146 Å². The Balaban J connectivity index is 1.43. The molecule has 0 bridgehead atoms. The summed E-state index contributed by atoms with van der Waals surface area (Å²) in [6, 6.07) is 12.3. The Bertz CT molecular complexity index is 796. The first kappa shape index (κ1) is 16.2. The van der Waals surface area contributed by atoms with Crippen LogP contribution in [0, 0.1) is 21.8 Å². The van der Waals surface area contributed by atoms with Gasteiger partial charge in [0.25, 0.3) is 5.69 Å². The van der Waals surface area contributed by atoms with Crippen molar-refractivity contribution in [2.24, 2.45) is 5.92 Å². The van der Waals surface area contributed by atoms with Crippen molar-refractivity contribution in [2.75, 3.05) is 13.1 Å². The number of nitro groups is 1. The molecule has 2 aliphatic rings. The Morgan fingerprint density at radius 2 is 1.80 bits per heavy atom. The minimum atomic E-state index is -0.248. The molecule has 130 valence electrons. The lowest BCUT2D eigenvalue weighted by atomic mass is 9.89. The van der Waals surface area contributed by atoms with Gasteiger partial charge in [0.2, 0.25) is 0 Å². The number of benzene rings is 2. The van der Waals surface area contributed by atoms with Crippen molar-refractivity contribution in [3.8, 4) is 0 Å². The maximum atomic E-state index is 13.0. The van der Waals surface area contributed by atoms with Crippen LogP contribution in [0.4, 0.5) is 10.1 Å². The monoisotopic (exact) mass is 341 g/mol. The van der Waals surface area contributed by atoms with Crippen LogP contribution in [0.1, 0.15) is 29.5 Å². The second kappa shape index (κ2) is 6.23. The van der Waals surface area contributed by atoms with Gasteiger partial charge in [-0.1, -0.05) is 24.3 Å². The molecule has 4 rings (SSSR count). The van der Waals surface area contributed by atoms with Gasteiger partial charge in [-0.3, -0.25) is 10.1 Å². The predicted octanol–water partition coefficient (Wildman–Crippen LogP) is 4.22. The number of nitrogens with zero attached hydrogens (tertiary/aromatic N) is 2. The Morgan fingerprint density at radius 1 is 1.08 bits per heavy atom. The number of rotatable bonds is 3. The van der Waals surface area contributed by atoms with E-state index in [0.717, 1.165) is 61.1 Å². The largest absolute Gasteiger partial charge is 0.316 e. The topological polar surface area (TPSA) is 43.1 Å². The van der Waals surface area contributed by atoms with E-state index in [1.54, 1.807) is 12.1 Å². The molecule has 1 saturated heterocycles. The highest BCUT2D eigenvalue weighted by Gasteiger charge is 2.42. The van der Waals surface area contributed by atoms with Crippen LogP contribution in [0.2, 0.25) is 0 Å². The molecule has 25 heavy (non-hydrogen) atoms. The molecule has 2 aliphatic heterocycles. The fourth-order valence-electron chi connectivity index (χ4n) is 4.52. The van der Waals surface area contributed by atoms with Crippen LogP contribution in [-0.2, 0) is 19.5 Å². The number of nitro benzene ring substituents is 1. The summed E-state index contributed by atoms with van der Waals surface area (Å²) in [5.41, 5.74) is 3.55. The van der Waals surface area contributed by atoms with E-state index >= 15 is 0 Å². The molecule has 2 aromatic rings. The van der Waals surface area contributed by atoms with E-state index in [1.807, 2.05) is 18.2 Å². The molecule has 0 unspecified atom stereocenters. The van der Waals surface area contributed by atoms with Gasteiger partial charge in [-0.2, -0.15) is 0 Å². The van der Waals surface area contributed by atoms with E-state index in [4.69, 9.17) is 0 Å². The molecule has 5 heteroatoms. The number of fused-ring (bicyclic) bond motifs is 1. The SMILES string of the molecule is O=[N+]([O-])c1cccc2c1C[N+]1(CCC(Cc3ccc(F)cc3)CC1)C2. The van der Waals surface area contributed by atoms with Gasteiger partial charge in [0.15, 0.2) is 0 Å². The zero-order valence-corrected chi connectivity index (χ0v) is 14.2. The molecule has 1 fully saturated rings. The number of halogens is 1. The molecular weight excluding hydrogens is 319 g/mol. The zero-order chi connectivity index (χ0) is 17.4. The quantitative estimate of drug-likeness (QED) is 0.477. The molecule has 0 radical (unpaired) electrons. The van der Waals surface area contributed by atoms with Crippen LogP contribution in [-0.4, -0.2) is 22.5 Å². The lowest BCUT2D eigenvalue weighted by molar-refractivity contribution is -0.952. The van der Waals surface area contributed by atoms with Crippen LogP contribution < -0.4 is 0 Å². The number of quaternary nitrogens is 1. The van der Waals surface area contributed by atoms with Crippen molar-refractivity contribution in [3.63, 3.8) is 0 Å². The highest BCUT2D eigenvalue weighted by Crippen LogP contribution is 2.39. The van der Waals surface area contributed by atoms with Crippen molar-refractivity contribution < 1.29 is 13.8 Å². The third-order valence-electron chi connectivity index (χ3n) is 5.91. The van der Waals surface area contributed by atoms with Crippen molar-refractivity contribution in [2.45, 2.75) is 32.4 Å². The molecule has 0 aliphatic carbocycles. The summed E-state index contributed by atoms with van der Waals surface area (Å²) >= 11 is 0. The summed E-state index contributed by atoms with van der Waals surface area (Å²) in [5, 5.41) is 11.3. The maximum absolute atomic E-state index is 13.0. The molecule has 0 aromatic heterocycles. The average molecular weight is 341 g/mol. The van der Waals surface area contributed by atoms with Crippen LogP contribution >= 0.6 is 0 Å². The van der Waals surface area contributed by atoms with Gasteiger partial charge in [0.1, 0.15) is 18.9 Å². The van der Waals surface area contributed by atoms with Gasteiger partial charge in [0, 0.05) is 11.6 Å². The lowest BCUT2D eigenvalue weighted by Gasteiger charge is -2.40. The van der Waals surface area contributed by atoms with Gasteiger partial charge >= 0.3 is 0 Å². The van der Waals surface area contributed by atoms with Gasteiger partial charge in [-0.25, -0.2) is 4.39 Å². The predicted molar refractivity (Wildman–Crippen MR) is 93.3 cm³/mol. The van der Waals surface area contributed by atoms with Crippen LogP contribution in [0.5, 0.6) is 0 Å². The molecule has 0 atom stereocenters. The summed E-state index contributed by atoms with van der Waals surface area (Å²) in [4.78, 5) is 11.0. The first-order valence-electron chi connectivity index (χ1n) is 8.89. The van der Waals surface area contributed by atoms with Crippen LogP contribution in [0.25, 0.3) is 0 Å². The third kappa shape index (κ3) is 3.16. The normalized spacial score (nSPS) is 25.1. The molecular formula is C20H22FN2O2+. The summed E-state index contributed by atoms with van der Waals surface area (Å²) in [5.74, 6) is 0.432. The van der Waals surface area contributed by atoms with Crippen LogP contribution in [0.3, 0.4) is 0 Å². The lowest BCUT2D eigenvalue weighted by Crippen LogP contribution is -2.48. The smallest absolute Gasteiger partial charge is 0.278 e. The van der Waals surface area contributed by atoms with Gasteiger partial charge in [-0.15, -0.1) is 0 Å². The molecule has 0 amide bonds. The van der Waals surface area contributed by atoms with Gasteiger partial charge in [-0.05, 0) is 42.9 Å². The average Bonchev–Trinajstić information content (AvgIpc) is 2.96. The van der Waals surface area contributed by atoms with E-state index in [2.05, 4.69) is 0 Å². The minimum Gasteiger partial charge on any atom is -0.316 e. The number of hydrogen-bond acceptors (Lipinski definition) is 2. The third-order valence-corrected chi connectivity index (χ3v) is 5.91.